The lowest BCUT2D eigenvalue weighted by Crippen LogP contribution is -2.25. The highest BCUT2D eigenvalue weighted by Crippen LogP contribution is 2.23. The molecule has 4 rings (SSSR count). The molecule has 0 aliphatic rings. The van der Waals surface area contributed by atoms with Gasteiger partial charge in [-0.1, -0.05) is 30.3 Å². The van der Waals surface area contributed by atoms with E-state index >= 15 is 0 Å². The van der Waals surface area contributed by atoms with E-state index in [-0.39, 0.29) is 0 Å². The molecule has 0 aliphatic carbocycles. The van der Waals surface area contributed by atoms with Crippen LogP contribution in [0.25, 0.3) is 27.9 Å². The van der Waals surface area contributed by atoms with Crippen molar-refractivity contribution < 1.29 is 4.40 Å². The summed E-state index contributed by atoms with van der Waals surface area (Å²) in [5.41, 5.74) is 4.36. The van der Waals surface area contributed by atoms with Crippen LogP contribution in [0.4, 0.5) is 0 Å². The maximum absolute atomic E-state index is 4.86. The van der Waals surface area contributed by atoms with Gasteiger partial charge < -0.3 is 0 Å². The second kappa shape index (κ2) is 4.38. The largest absolute Gasteiger partial charge is 0.245 e. The van der Waals surface area contributed by atoms with E-state index in [2.05, 4.69) is 40.7 Å². The van der Waals surface area contributed by atoms with Crippen molar-refractivity contribution in [1.29, 1.82) is 0 Å². The highest BCUT2D eigenvalue weighted by Gasteiger charge is 2.20. The van der Waals surface area contributed by atoms with Crippen LogP contribution in [0.5, 0.6) is 0 Å². The van der Waals surface area contributed by atoms with Crippen LogP contribution in [0.15, 0.2) is 54.9 Å². The van der Waals surface area contributed by atoms with Crippen molar-refractivity contribution in [2.24, 2.45) is 7.05 Å². The molecule has 2 heterocycles. The molecule has 0 bridgehead atoms. The fraction of sp³-hybridized carbons (Fsp3) is 0.118. The SMILES string of the molecule is Cc1cccc2nc(-c3ccccc3)[n+]3cnn(C)c3c12. The third-order valence-corrected chi connectivity index (χ3v) is 3.84. The maximum atomic E-state index is 4.86. The summed E-state index contributed by atoms with van der Waals surface area (Å²) in [5, 5.41) is 5.56. The molecule has 2 aromatic heterocycles. The van der Waals surface area contributed by atoms with Gasteiger partial charge in [-0.05, 0) is 35.8 Å². The van der Waals surface area contributed by atoms with Crippen LogP contribution in [0, 0.1) is 6.92 Å². The molecular formula is C17H15N4+. The van der Waals surface area contributed by atoms with Gasteiger partial charge >= 0.3 is 0 Å². The van der Waals surface area contributed by atoms with Gasteiger partial charge in [0.25, 0.3) is 0 Å². The molecule has 0 radical (unpaired) electrons. The molecule has 0 saturated heterocycles. The lowest BCUT2D eigenvalue weighted by atomic mass is 10.1. The zero-order valence-corrected chi connectivity index (χ0v) is 12.0. The molecule has 0 saturated carbocycles. The van der Waals surface area contributed by atoms with Gasteiger partial charge in [-0.15, -0.1) is 9.67 Å². The Labute approximate surface area is 122 Å². The number of nitrogens with zero attached hydrogens (tertiary/aromatic N) is 4. The molecule has 0 amide bonds. The van der Waals surface area contributed by atoms with Crippen LogP contribution in [0.3, 0.4) is 0 Å². The lowest BCUT2D eigenvalue weighted by Gasteiger charge is -2.04. The van der Waals surface area contributed by atoms with E-state index in [4.69, 9.17) is 4.98 Å². The van der Waals surface area contributed by atoms with Gasteiger partial charge in [-0.25, -0.2) is 0 Å². The molecule has 102 valence electrons. The first-order chi connectivity index (χ1) is 10.3. The van der Waals surface area contributed by atoms with Crippen molar-refractivity contribution in [2.75, 3.05) is 0 Å². The Bertz CT molecular complexity index is 955. The minimum atomic E-state index is 0.914. The summed E-state index contributed by atoms with van der Waals surface area (Å²) in [5.74, 6) is 0.914. The first-order valence-corrected chi connectivity index (χ1v) is 6.94. The first kappa shape index (κ1) is 12.0. The molecule has 21 heavy (non-hydrogen) atoms. The van der Waals surface area contributed by atoms with Gasteiger partial charge in [0.05, 0.1) is 12.4 Å². The minimum Gasteiger partial charge on any atom is -0.190 e. The second-order valence-electron chi connectivity index (χ2n) is 5.22. The highest BCUT2D eigenvalue weighted by molar-refractivity contribution is 5.93. The Morgan fingerprint density at radius 3 is 2.62 bits per heavy atom. The predicted octanol–water partition coefficient (Wildman–Crippen LogP) is 2.68. The summed E-state index contributed by atoms with van der Waals surface area (Å²) in [4.78, 5) is 4.86. The Morgan fingerprint density at radius 1 is 1.00 bits per heavy atom. The minimum absolute atomic E-state index is 0.914. The van der Waals surface area contributed by atoms with E-state index in [0.29, 0.717) is 0 Å². The monoisotopic (exact) mass is 275 g/mol. The fourth-order valence-corrected chi connectivity index (χ4v) is 2.83. The van der Waals surface area contributed by atoms with Gasteiger partial charge in [-0.2, -0.15) is 4.40 Å². The molecular weight excluding hydrogens is 260 g/mol. The molecule has 0 fully saturated rings. The molecule has 2 aromatic carbocycles. The number of benzene rings is 2. The van der Waals surface area contributed by atoms with E-state index in [1.54, 1.807) is 0 Å². The fourth-order valence-electron chi connectivity index (χ4n) is 2.83. The average Bonchev–Trinajstić information content (AvgIpc) is 2.90. The van der Waals surface area contributed by atoms with E-state index in [9.17, 15) is 0 Å². The molecule has 4 nitrogen and oxygen atoms in total. The Hall–Kier alpha value is -2.75. The Kier molecular flexibility index (Phi) is 2.51. The molecule has 0 N–H and O–H groups in total. The molecule has 0 spiro atoms. The van der Waals surface area contributed by atoms with Gasteiger partial charge in [-0.3, -0.25) is 0 Å². The van der Waals surface area contributed by atoms with Gasteiger partial charge in [0, 0.05) is 5.56 Å². The molecule has 0 unspecified atom stereocenters. The maximum Gasteiger partial charge on any atom is 0.245 e. The van der Waals surface area contributed by atoms with E-state index in [1.807, 2.05) is 42.3 Å². The van der Waals surface area contributed by atoms with Crippen LogP contribution < -0.4 is 4.40 Å². The third-order valence-electron chi connectivity index (χ3n) is 3.84. The molecule has 0 atom stereocenters. The van der Waals surface area contributed by atoms with Crippen molar-refractivity contribution in [1.82, 2.24) is 14.8 Å². The Balaban J connectivity index is 2.22. The van der Waals surface area contributed by atoms with E-state index in [0.717, 1.165) is 27.9 Å². The van der Waals surface area contributed by atoms with Crippen LogP contribution in [0.2, 0.25) is 0 Å². The number of rotatable bonds is 1. The summed E-state index contributed by atoms with van der Waals surface area (Å²) in [7, 11) is 1.97. The van der Waals surface area contributed by atoms with Crippen molar-refractivity contribution in [3.63, 3.8) is 0 Å². The zero-order valence-electron chi connectivity index (χ0n) is 12.0. The average molecular weight is 275 g/mol. The number of hydrogen-bond acceptors (Lipinski definition) is 2. The van der Waals surface area contributed by atoms with E-state index < -0.39 is 0 Å². The smallest absolute Gasteiger partial charge is 0.190 e. The normalized spacial score (nSPS) is 11.3. The van der Waals surface area contributed by atoms with Gasteiger partial charge in [0.15, 0.2) is 0 Å². The number of fused-ring (bicyclic) bond motifs is 3. The highest BCUT2D eigenvalue weighted by atomic mass is 15.3. The first-order valence-electron chi connectivity index (χ1n) is 6.94. The standard InChI is InChI=1S/C17H15N4/c1-12-7-6-10-14-15(12)17-20(2)18-11-21(17)16(19-14)13-8-4-3-5-9-13/h3-11H,1-2H3/q+1. The third kappa shape index (κ3) is 1.72. The van der Waals surface area contributed by atoms with Crippen molar-refractivity contribution >= 4 is 16.6 Å². The van der Waals surface area contributed by atoms with Crippen LogP contribution in [-0.2, 0) is 7.05 Å². The predicted molar refractivity (Wildman–Crippen MR) is 81.8 cm³/mol. The van der Waals surface area contributed by atoms with Crippen molar-refractivity contribution in [3.05, 3.63) is 60.4 Å². The van der Waals surface area contributed by atoms with Crippen LogP contribution in [0.1, 0.15) is 5.56 Å². The van der Waals surface area contributed by atoms with Crippen molar-refractivity contribution in [3.8, 4) is 11.4 Å². The summed E-state index contributed by atoms with van der Waals surface area (Å²) in [6.45, 7) is 2.11. The second-order valence-corrected chi connectivity index (χ2v) is 5.22. The summed E-state index contributed by atoms with van der Waals surface area (Å²) in [6.07, 6.45) is 1.83. The topological polar surface area (TPSA) is 34.8 Å². The van der Waals surface area contributed by atoms with Gasteiger partial charge in [0.2, 0.25) is 17.8 Å². The van der Waals surface area contributed by atoms with E-state index in [1.165, 1.54) is 5.56 Å². The zero-order chi connectivity index (χ0) is 14.4. The molecule has 4 aromatic rings. The summed E-state index contributed by atoms with van der Waals surface area (Å²) >= 11 is 0. The quantitative estimate of drug-likeness (QED) is 0.501. The van der Waals surface area contributed by atoms with Crippen molar-refractivity contribution in [2.45, 2.75) is 6.92 Å². The number of hydrogen-bond donors (Lipinski definition) is 0. The summed E-state index contributed by atoms with van der Waals surface area (Å²) in [6, 6.07) is 16.4. The summed E-state index contributed by atoms with van der Waals surface area (Å²) < 4.78 is 3.97. The lowest BCUT2D eigenvalue weighted by molar-refractivity contribution is -0.502. The van der Waals surface area contributed by atoms with Crippen LogP contribution in [-0.4, -0.2) is 14.8 Å². The molecule has 0 aliphatic heterocycles. The Morgan fingerprint density at radius 2 is 1.81 bits per heavy atom. The van der Waals surface area contributed by atoms with Crippen LogP contribution >= 0.6 is 0 Å². The number of aromatic nitrogens is 4. The number of aryl methyl sites for hydroxylation is 2. The van der Waals surface area contributed by atoms with Gasteiger partial charge in [0.1, 0.15) is 5.52 Å². The molecule has 4 heteroatoms.